The van der Waals surface area contributed by atoms with E-state index < -0.39 is 16.6 Å². The summed E-state index contributed by atoms with van der Waals surface area (Å²) in [5.41, 5.74) is 5.86. The Labute approximate surface area is 131 Å². The van der Waals surface area contributed by atoms with Gasteiger partial charge >= 0.3 is 0 Å². The number of benzene rings is 2. The molecule has 118 valence electrons. The Kier molecular flexibility index (Phi) is 4.70. The summed E-state index contributed by atoms with van der Waals surface area (Å²) in [6, 6.07) is 10.1. The van der Waals surface area contributed by atoms with Gasteiger partial charge in [-0.25, -0.2) is 4.39 Å². The predicted octanol–water partition coefficient (Wildman–Crippen LogP) is 2.95. The molecule has 0 atom stereocenters. The SMILES string of the molecule is C=C(NNC(=O)c1ccccc1F)c1ccc(C)c([N+](=O)[O-])c1. The first-order valence-electron chi connectivity index (χ1n) is 6.65. The predicted molar refractivity (Wildman–Crippen MR) is 83.9 cm³/mol. The topological polar surface area (TPSA) is 84.3 Å². The fourth-order valence-corrected chi connectivity index (χ4v) is 1.91. The molecule has 0 saturated carbocycles. The molecule has 0 aliphatic heterocycles. The van der Waals surface area contributed by atoms with Crippen LogP contribution in [0.2, 0.25) is 0 Å². The third-order valence-electron chi connectivity index (χ3n) is 3.20. The van der Waals surface area contributed by atoms with Gasteiger partial charge in [-0.05, 0) is 19.1 Å². The molecule has 0 fully saturated rings. The smallest absolute Gasteiger partial charge is 0.272 e. The largest absolute Gasteiger partial charge is 0.298 e. The molecule has 2 rings (SSSR count). The average molecular weight is 315 g/mol. The van der Waals surface area contributed by atoms with E-state index in [0.29, 0.717) is 11.1 Å². The Hall–Kier alpha value is -3.22. The molecule has 23 heavy (non-hydrogen) atoms. The molecule has 0 spiro atoms. The highest BCUT2D eigenvalue weighted by molar-refractivity contribution is 5.94. The highest BCUT2D eigenvalue weighted by Crippen LogP contribution is 2.22. The first kappa shape index (κ1) is 16.2. The Bertz CT molecular complexity index is 790. The molecule has 0 aliphatic carbocycles. The van der Waals surface area contributed by atoms with Crippen LogP contribution in [0.25, 0.3) is 5.70 Å². The number of carbonyl (C=O) groups excluding carboxylic acids is 1. The highest BCUT2D eigenvalue weighted by atomic mass is 19.1. The lowest BCUT2D eigenvalue weighted by Gasteiger charge is -2.12. The molecule has 0 radical (unpaired) electrons. The molecule has 0 unspecified atom stereocenters. The van der Waals surface area contributed by atoms with E-state index in [1.165, 1.54) is 30.3 Å². The van der Waals surface area contributed by atoms with Gasteiger partial charge in [0, 0.05) is 17.2 Å². The van der Waals surface area contributed by atoms with Crippen molar-refractivity contribution in [3.8, 4) is 0 Å². The van der Waals surface area contributed by atoms with Crippen LogP contribution < -0.4 is 10.9 Å². The van der Waals surface area contributed by atoms with Gasteiger partial charge < -0.3 is 0 Å². The summed E-state index contributed by atoms with van der Waals surface area (Å²) in [6.07, 6.45) is 0. The average Bonchev–Trinajstić information content (AvgIpc) is 2.52. The van der Waals surface area contributed by atoms with Gasteiger partial charge in [0.05, 0.1) is 16.2 Å². The van der Waals surface area contributed by atoms with Gasteiger partial charge in [-0.15, -0.1) is 0 Å². The van der Waals surface area contributed by atoms with Crippen molar-refractivity contribution in [2.75, 3.05) is 0 Å². The Morgan fingerprint density at radius 1 is 1.22 bits per heavy atom. The molecular weight excluding hydrogens is 301 g/mol. The van der Waals surface area contributed by atoms with Crippen LogP contribution in [0, 0.1) is 22.9 Å². The van der Waals surface area contributed by atoms with Crippen molar-refractivity contribution >= 4 is 17.3 Å². The molecule has 0 saturated heterocycles. The van der Waals surface area contributed by atoms with E-state index in [9.17, 15) is 19.3 Å². The fraction of sp³-hybridized carbons (Fsp3) is 0.0625. The zero-order valence-electron chi connectivity index (χ0n) is 12.3. The summed E-state index contributed by atoms with van der Waals surface area (Å²) < 4.78 is 13.5. The number of hydrogen-bond donors (Lipinski definition) is 2. The Balaban J connectivity index is 2.08. The second kappa shape index (κ2) is 6.69. The van der Waals surface area contributed by atoms with Crippen LogP contribution in [0.1, 0.15) is 21.5 Å². The summed E-state index contributed by atoms with van der Waals surface area (Å²) >= 11 is 0. The van der Waals surface area contributed by atoms with Gasteiger partial charge in [-0.1, -0.05) is 30.8 Å². The first-order chi connectivity index (χ1) is 10.9. The summed E-state index contributed by atoms with van der Waals surface area (Å²) in [5, 5.41) is 10.9. The number of nitrogens with one attached hydrogen (secondary N) is 2. The number of nitrogens with zero attached hydrogens (tertiary/aromatic N) is 1. The summed E-state index contributed by atoms with van der Waals surface area (Å²) in [6.45, 7) is 5.32. The van der Waals surface area contributed by atoms with Gasteiger partial charge in [0.1, 0.15) is 5.82 Å². The molecule has 0 bridgehead atoms. The van der Waals surface area contributed by atoms with Gasteiger partial charge in [0.2, 0.25) is 0 Å². The molecule has 2 aromatic rings. The lowest BCUT2D eigenvalue weighted by atomic mass is 10.1. The molecule has 0 heterocycles. The van der Waals surface area contributed by atoms with Crippen molar-refractivity contribution in [1.82, 2.24) is 10.9 Å². The summed E-state index contributed by atoms with van der Waals surface area (Å²) in [4.78, 5) is 22.3. The number of halogens is 1. The molecule has 0 aliphatic rings. The third-order valence-corrected chi connectivity index (χ3v) is 3.20. The maximum absolute atomic E-state index is 13.5. The number of aryl methyl sites for hydroxylation is 1. The van der Waals surface area contributed by atoms with Crippen molar-refractivity contribution in [1.29, 1.82) is 0 Å². The molecular formula is C16H14FN3O3. The fourth-order valence-electron chi connectivity index (χ4n) is 1.91. The quantitative estimate of drug-likeness (QED) is 0.656. The van der Waals surface area contributed by atoms with Gasteiger partial charge in [0.25, 0.3) is 11.6 Å². The number of nitro benzene ring substituents is 1. The van der Waals surface area contributed by atoms with E-state index >= 15 is 0 Å². The first-order valence-corrected chi connectivity index (χ1v) is 6.65. The van der Waals surface area contributed by atoms with Crippen LogP contribution in [-0.4, -0.2) is 10.8 Å². The van der Waals surface area contributed by atoms with Crippen LogP contribution in [-0.2, 0) is 0 Å². The van der Waals surface area contributed by atoms with E-state index in [0.717, 1.165) is 0 Å². The number of hydrazine groups is 1. The Morgan fingerprint density at radius 3 is 2.57 bits per heavy atom. The zero-order valence-corrected chi connectivity index (χ0v) is 12.3. The molecule has 6 nitrogen and oxygen atoms in total. The molecule has 1 amide bonds. The number of carbonyl (C=O) groups is 1. The third kappa shape index (κ3) is 3.70. The second-order valence-electron chi connectivity index (χ2n) is 4.80. The van der Waals surface area contributed by atoms with E-state index in [4.69, 9.17) is 0 Å². The molecule has 2 aromatic carbocycles. The maximum atomic E-state index is 13.5. The number of amides is 1. The second-order valence-corrected chi connectivity index (χ2v) is 4.80. The zero-order chi connectivity index (χ0) is 17.0. The lowest BCUT2D eigenvalue weighted by molar-refractivity contribution is -0.385. The van der Waals surface area contributed by atoms with Crippen LogP contribution >= 0.6 is 0 Å². The number of hydrogen-bond acceptors (Lipinski definition) is 4. The highest BCUT2D eigenvalue weighted by Gasteiger charge is 2.14. The van der Waals surface area contributed by atoms with E-state index in [1.54, 1.807) is 19.1 Å². The van der Waals surface area contributed by atoms with E-state index in [2.05, 4.69) is 17.4 Å². The minimum absolute atomic E-state index is 0.0501. The molecule has 2 N–H and O–H groups in total. The Morgan fingerprint density at radius 2 is 1.91 bits per heavy atom. The number of nitro groups is 1. The van der Waals surface area contributed by atoms with Crippen molar-refractivity contribution in [3.05, 3.63) is 81.7 Å². The van der Waals surface area contributed by atoms with Crippen LogP contribution in [0.15, 0.2) is 49.0 Å². The van der Waals surface area contributed by atoms with Crippen LogP contribution in [0.4, 0.5) is 10.1 Å². The van der Waals surface area contributed by atoms with Gasteiger partial charge in [0.15, 0.2) is 0 Å². The van der Waals surface area contributed by atoms with Crippen molar-refractivity contribution in [3.63, 3.8) is 0 Å². The van der Waals surface area contributed by atoms with E-state index in [1.807, 2.05) is 0 Å². The lowest BCUT2D eigenvalue weighted by Crippen LogP contribution is -2.36. The normalized spacial score (nSPS) is 10.0. The summed E-state index contributed by atoms with van der Waals surface area (Å²) in [5.74, 6) is -1.32. The van der Waals surface area contributed by atoms with Crippen LogP contribution in [0.5, 0.6) is 0 Å². The molecule has 7 heteroatoms. The molecule has 0 aromatic heterocycles. The minimum Gasteiger partial charge on any atom is -0.298 e. The maximum Gasteiger partial charge on any atom is 0.272 e. The monoisotopic (exact) mass is 315 g/mol. The van der Waals surface area contributed by atoms with Crippen LogP contribution in [0.3, 0.4) is 0 Å². The number of rotatable bonds is 5. The standard InChI is InChI=1S/C16H14FN3O3/c1-10-7-8-12(9-15(10)20(22)23)11(2)18-19-16(21)13-5-3-4-6-14(13)17/h3-9,18H,2H2,1H3,(H,19,21). The summed E-state index contributed by atoms with van der Waals surface area (Å²) in [7, 11) is 0. The van der Waals surface area contributed by atoms with E-state index in [-0.39, 0.29) is 16.9 Å². The minimum atomic E-state index is -0.675. The van der Waals surface area contributed by atoms with Crippen molar-refractivity contribution in [2.45, 2.75) is 6.92 Å². The van der Waals surface area contributed by atoms with Crippen molar-refractivity contribution < 1.29 is 14.1 Å². The van der Waals surface area contributed by atoms with Gasteiger partial charge in [-0.3, -0.25) is 25.8 Å². The van der Waals surface area contributed by atoms with Crippen molar-refractivity contribution in [2.24, 2.45) is 0 Å². The van der Waals surface area contributed by atoms with Gasteiger partial charge in [-0.2, -0.15) is 0 Å².